The Hall–Kier alpha value is -1.36. The van der Waals surface area contributed by atoms with Gasteiger partial charge in [-0.2, -0.15) is 0 Å². The van der Waals surface area contributed by atoms with E-state index >= 15 is 0 Å². The number of hydrogen-bond acceptors (Lipinski definition) is 4. The first-order valence-electron chi connectivity index (χ1n) is 9.37. The predicted molar refractivity (Wildman–Crippen MR) is 99.4 cm³/mol. The quantitative estimate of drug-likeness (QED) is 0.616. The van der Waals surface area contributed by atoms with Gasteiger partial charge in [0.05, 0.1) is 19.3 Å². The van der Waals surface area contributed by atoms with Gasteiger partial charge in [0.25, 0.3) is 0 Å². The highest BCUT2D eigenvalue weighted by atomic mass is 16.5. The van der Waals surface area contributed by atoms with Crippen molar-refractivity contribution in [2.45, 2.75) is 58.7 Å². The maximum atomic E-state index is 10.6. The van der Waals surface area contributed by atoms with E-state index in [1.807, 2.05) is 32.0 Å². The SMILES string of the molecule is CCOC1CCC(C)(CO)C(O)=C1CCCCOCc1ccccc1. The first-order chi connectivity index (χ1) is 12.1. The third kappa shape index (κ3) is 5.56. The lowest BCUT2D eigenvalue weighted by molar-refractivity contribution is 0.0270. The largest absolute Gasteiger partial charge is 0.512 e. The Morgan fingerprint density at radius 2 is 1.96 bits per heavy atom. The van der Waals surface area contributed by atoms with Gasteiger partial charge in [0.1, 0.15) is 5.76 Å². The monoisotopic (exact) mass is 348 g/mol. The summed E-state index contributed by atoms with van der Waals surface area (Å²) >= 11 is 0. The molecule has 0 saturated carbocycles. The maximum absolute atomic E-state index is 10.6. The second-order valence-electron chi connectivity index (χ2n) is 7.07. The van der Waals surface area contributed by atoms with Crippen LogP contribution in [0.4, 0.5) is 0 Å². The molecule has 4 nitrogen and oxygen atoms in total. The fraction of sp³-hybridized carbons (Fsp3) is 0.619. The molecule has 0 heterocycles. The van der Waals surface area contributed by atoms with E-state index in [4.69, 9.17) is 9.47 Å². The lowest BCUT2D eigenvalue weighted by atomic mass is 9.74. The summed E-state index contributed by atoms with van der Waals surface area (Å²) in [6.07, 6.45) is 4.27. The van der Waals surface area contributed by atoms with Gasteiger partial charge in [-0.1, -0.05) is 37.3 Å². The van der Waals surface area contributed by atoms with E-state index < -0.39 is 5.41 Å². The van der Waals surface area contributed by atoms with Gasteiger partial charge in [-0.05, 0) is 50.2 Å². The topological polar surface area (TPSA) is 58.9 Å². The van der Waals surface area contributed by atoms with E-state index in [-0.39, 0.29) is 12.7 Å². The van der Waals surface area contributed by atoms with E-state index in [9.17, 15) is 10.2 Å². The van der Waals surface area contributed by atoms with Crippen LogP contribution >= 0.6 is 0 Å². The fourth-order valence-electron chi connectivity index (χ4n) is 3.38. The third-order valence-corrected chi connectivity index (χ3v) is 5.04. The highest BCUT2D eigenvalue weighted by Crippen LogP contribution is 2.41. The summed E-state index contributed by atoms with van der Waals surface area (Å²) in [4.78, 5) is 0. The van der Waals surface area contributed by atoms with Crippen LogP contribution in [0, 0.1) is 5.41 Å². The molecule has 140 valence electrons. The van der Waals surface area contributed by atoms with Gasteiger partial charge < -0.3 is 19.7 Å². The molecule has 0 amide bonds. The predicted octanol–water partition coefficient (Wildman–Crippen LogP) is 4.38. The number of aliphatic hydroxyl groups is 2. The van der Waals surface area contributed by atoms with E-state index in [0.29, 0.717) is 25.6 Å². The molecule has 2 atom stereocenters. The molecule has 0 aliphatic heterocycles. The standard InChI is InChI=1S/C21H32O4/c1-3-25-19-12-13-21(2,16-22)20(23)18(19)11-7-8-14-24-15-17-9-5-4-6-10-17/h4-6,9-10,19,22-23H,3,7-8,11-16H2,1-2H3. The number of rotatable bonds is 10. The molecule has 0 aromatic heterocycles. The summed E-state index contributed by atoms with van der Waals surface area (Å²) in [7, 11) is 0. The van der Waals surface area contributed by atoms with Crippen molar-refractivity contribution in [2.75, 3.05) is 19.8 Å². The summed E-state index contributed by atoms with van der Waals surface area (Å²) in [6, 6.07) is 10.2. The summed E-state index contributed by atoms with van der Waals surface area (Å²) in [5.74, 6) is 0.338. The molecule has 0 saturated heterocycles. The second-order valence-corrected chi connectivity index (χ2v) is 7.07. The molecule has 2 N–H and O–H groups in total. The van der Waals surface area contributed by atoms with E-state index in [1.165, 1.54) is 5.56 Å². The Morgan fingerprint density at radius 3 is 2.64 bits per heavy atom. The molecule has 1 aromatic carbocycles. The first-order valence-corrected chi connectivity index (χ1v) is 9.37. The van der Waals surface area contributed by atoms with E-state index in [0.717, 1.165) is 37.7 Å². The molecule has 2 unspecified atom stereocenters. The average Bonchev–Trinajstić information content (AvgIpc) is 2.64. The molecule has 2 rings (SSSR count). The maximum Gasteiger partial charge on any atom is 0.102 e. The minimum Gasteiger partial charge on any atom is -0.512 e. The number of ether oxygens (including phenoxy) is 2. The van der Waals surface area contributed by atoms with Gasteiger partial charge in [-0.15, -0.1) is 0 Å². The number of benzene rings is 1. The number of unbranched alkanes of at least 4 members (excludes halogenated alkanes) is 1. The average molecular weight is 348 g/mol. The Balaban J connectivity index is 1.80. The minimum atomic E-state index is -0.521. The molecular formula is C21H32O4. The van der Waals surface area contributed by atoms with Crippen LogP contribution in [0.15, 0.2) is 41.7 Å². The Bertz CT molecular complexity index is 540. The van der Waals surface area contributed by atoms with Crippen LogP contribution in [0.1, 0.15) is 51.5 Å². The summed E-state index contributed by atoms with van der Waals surface area (Å²) in [5.41, 5.74) is 1.63. The molecule has 4 heteroatoms. The molecule has 0 spiro atoms. The van der Waals surface area contributed by atoms with Crippen molar-refractivity contribution in [3.8, 4) is 0 Å². The van der Waals surface area contributed by atoms with Crippen LogP contribution in [0.25, 0.3) is 0 Å². The van der Waals surface area contributed by atoms with Crippen LogP contribution in [-0.2, 0) is 16.1 Å². The van der Waals surface area contributed by atoms with Crippen LogP contribution < -0.4 is 0 Å². The van der Waals surface area contributed by atoms with E-state index in [1.54, 1.807) is 0 Å². The molecule has 1 aliphatic rings. The summed E-state index contributed by atoms with van der Waals surface area (Å²) < 4.78 is 11.5. The van der Waals surface area contributed by atoms with Crippen molar-refractivity contribution in [2.24, 2.45) is 5.41 Å². The molecule has 1 aromatic rings. The minimum absolute atomic E-state index is 0.0186. The smallest absolute Gasteiger partial charge is 0.102 e. The summed E-state index contributed by atoms with van der Waals surface area (Å²) in [5, 5.41) is 20.3. The van der Waals surface area contributed by atoms with Gasteiger partial charge in [-0.3, -0.25) is 0 Å². The van der Waals surface area contributed by atoms with Gasteiger partial charge in [0.2, 0.25) is 0 Å². The molecule has 0 fully saturated rings. The lowest BCUT2D eigenvalue weighted by Gasteiger charge is -2.37. The van der Waals surface area contributed by atoms with Crippen LogP contribution in [0.2, 0.25) is 0 Å². The number of hydrogen-bond donors (Lipinski definition) is 2. The fourth-order valence-corrected chi connectivity index (χ4v) is 3.38. The van der Waals surface area contributed by atoms with Crippen molar-refractivity contribution in [3.05, 3.63) is 47.2 Å². The zero-order valence-electron chi connectivity index (χ0n) is 15.5. The third-order valence-electron chi connectivity index (χ3n) is 5.04. The van der Waals surface area contributed by atoms with Crippen LogP contribution in [0.5, 0.6) is 0 Å². The Labute approximate surface area is 151 Å². The van der Waals surface area contributed by atoms with Crippen molar-refractivity contribution < 1.29 is 19.7 Å². The second kappa shape index (κ2) is 9.95. The zero-order chi connectivity index (χ0) is 18.1. The highest BCUT2D eigenvalue weighted by Gasteiger charge is 2.38. The molecule has 1 aliphatic carbocycles. The lowest BCUT2D eigenvalue weighted by Crippen LogP contribution is -2.35. The van der Waals surface area contributed by atoms with Gasteiger partial charge in [0.15, 0.2) is 0 Å². The molecule has 0 radical (unpaired) electrons. The van der Waals surface area contributed by atoms with E-state index in [2.05, 4.69) is 12.1 Å². The van der Waals surface area contributed by atoms with Gasteiger partial charge in [0, 0.05) is 18.6 Å². The van der Waals surface area contributed by atoms with Gasteiger partial charge >= 0.3 is 0 Å². The van der Waals surface area contributed by atoms with Crippen molar-refractivity contribution >= 4 is 0 Å². The first kappa shape index (κ1) is 20.0. The Morgan fingerprint density at radius 1 is 1.20 bits per heavy atom. The van der Waals surface area contributed by atoms with Crippen LogP contribution in [0.3, 0.4) is 0 Å². The molecular weight excluding hydrogens is 316 g/mol. The molecule has 25 heavy (non-hydrogen) atoms. The Kier molecular flexibility index (Phi) is 7.94. The van der Waals surface area contributed by atoms with Crippen molar-refractivity contribution in [3.63, 3.8) is 0 Å². The highest BCUT2D eigenvalue weighted by molar-refractivity contribution is 5.23. The summed E-state index contributed by atoms with van der Waals surface area (Å²) in [6.45, 7) is 5.86. The van der Waals surface area contributed by atoms with Crippen molar-refractivity contribution in [1.82, 2.24) is 0 Å². The molecule has 0 bridgehead atoms. The number of aliphatic hydroxyl groups excluding tert-OH is 2. The normalized spacial score (nSPS) is 23.9. The van der Waals surface area contributed by atoms with Crippen LogP contribution in [-0.4, -0.2) is 36.1 Å². The van der Waals surface area contributed by atoms with Crippen molar-refractivity contribution in [1.29, 1.82) is 0 Å². The van der Waals surface area contributed by atoms with Gasteiger partial charge in [-0.25, -0.2) is 0 Å². The zero-order valence-corrected chi connectivity index (χ0v) is 15.5.